The van der Waals surface area contributed by atoms with Crippen molar-refractivity contribution in [3.05, 3.63) is 29.6 Å². The lowest BCUT2D eigenvalue weighted by molar-refractivity contribution is -0.0301. The number of hydrogen-bond donors (Lipinski definition) is 1. The Morgan fingerprint density at radius 2 is 2.39 bits per heavy atom. The van der Waals surface area contributed by atoms with Gasteiger partial charge in [-0.15, -0.1) is 0 Å². The first-order chi connectivity index (χ1) is 8.58. The molecule has 1 aliphatic heterocycles. The number of carbonyl (C=O) groups is 1. The van der Waals surface area contributed by atoms with E-state index in [1.165, 1.54) is 0 Å². The van der Waals surface area contributed by atoms with Gasteiger partial charge in [0.2, 0.25) is 0 Å². The normalized spacial score (nSPS) is 21.7. The highest BCUT2D eigenvalue weighted by atomic mass is 16.5. The molecule has 0 aliphatic carbocycles. The highest BCUT2D eigenvalue weighted by Crippen LogP contribution is 2.11. The van der Waals surface area contributed by atoms with Crippen molar-refractivity contribution in [1.82, 2.24) is 9.88 Å². The van der Waals surface area contributed by atoms with Crippen LogP contribution in [0.2, 0.25) is 0 Å². The van der Waals surface area contributed by atoms with E-state index >= 15 is 0 Å². The van der Waals surface area contributed by atoms with Crippen molar-refractivity contribution in [3.8, 4) is 0 Å². The number of nitrogens with two attached hydrogens (primary N) is 1. The van der Waals surface area contributed by atoms with Crippen LogP contribution in [0.15, 0.2) is 18.2 Å². The van der Waals surface area contributed by atoms with Crippen molar-refractivity contribution in [1.29, 1.82) is 0 Å². The first-order valence-corrected chi connectivity index (χ1v) is 6.18. The fraction of sp³-hybridized carbons (Fsp3) is 0.538. The van der Waals surface area contributed by atoms with E-state index in [0.29, 0.717) is 25.4 Å². The molecule has 2 heterocycles. The molecule has 2 unspecified atom stereocenters. The standard InChI is InChI=1S/C13H19N3O2/c1-9-4-3-5-11(15-9)13(17)16-6-7-18-12(8-16)10(2)14/h3-5,10,12H,6-8,14H2,1-2H3. The van der Waals surface area contributed by atoms with E-state index in [0.717, 1.165) is 5.69 Å². The van der Waals surface area contributed by atoms with Crippen LogP contribution in [0.4, 0.5) is 0 Å². The molecule has 1 fully saturated rings. The third-order valence-electron chi connectivity index (χ3n) is 3.07. The van der Waals surface area contributed by atoms with Crippen molar-refractivity contribution in [3.63, 3.8) is 0 Å². The number of morpholine rings is 1. The molecule has 1 aliphatic rings. The van der Waals surface area contributed by atoms with E-state index in [1.807, 2.05) is 26.0 Å². The molecule has 2 rings (SSSR count). The lowest BCUT2D eigenvalue weighted by Gasteiger charge is -2.34. The maximum atomic E-state index is 12.3. The lowest BCUT2D eigenvalue weighted by Crippen LogP contribution is -2.51. The number of aryl methyl sites for hydroxylation is 1. The van der Waals surface area contributed by atoms with Gasteiger partial charge in [-0.25, -0.2) is 4.98 Å². The molecule has 0 radical (unpaired) electrons. The minimum absolute atomic E-state index is 0.0485. The maximum absolute atomic E-state index is 12.3. The monoisotopic (exact) mass is 249 g/mol. The van der Waals surface area contributed by atoms with Crippen molar-refractivity contribution in [2.45, 2.75) is 26.0 Å². The Morgan fingerprint density at radius 1 is 1.61 bits per heavy atom. The predicted molar refractivity (Wildman–Crippen MR) is 68.3 cm³/mol. The van der Waals surface area contributed by atoms with Gasteiger partial charge in [0.25, 0.3) is 5.91 Å². The summed E-state index contributed by atoms with van der Waals surface area (Å²) >= 11 is 0. The molecular weight excluding hydrogens is 230 g/mol. The third-order valence-corrected chi connectivity index (χ3v) is 3.07. The SMILES string of the molecule is Cc1cccc(C(=O)N2CCOC(C(C)N)C2)n1. The van der Waals surface area contributed by atoms with Crippen LogP contribution in [0.1, 0.15) is 23.1 Å². The molecule has 98 valence electrons. The summed E-state index contributed by atoms with van der Waals surface area (Å²) in [7, 11) is 0. The highest BCUT2D eigenvalue weighted by Gasteiger charge is 2.27. The van der Waals surface area contributed by atoms with Crippen molar-refractivity contribution in [2.24, 2.45) is 5.73 Å². The quantitative estimate of drug-likeness (QED) is 0.832. The molecule has 5 nitrogen and oxygen atoms in total. The molecule has 18 heavy (non-hydrogen) atoms. The Hall–Kier alpha value is -1.46. The van der Waals surface area contributed by atoms with Gasteiger partial charge in [0.15, 0.2) is 0 Å². The molecule has 1 amide bonds. The number of rotatable bonds is 2. The van der Waals surface area contributed by atoms with Gasteiger partial charge in [-0.3, -0.25) is 4.79 Å². The summed E-state index contributed by atoms with van der Waals surface area (Å²) in [6, 6.07) is 5.39. The molecule has 1 aromatic rings. The zero-order valence-electron chi connectivity index (χ0n) is 10.8. The Labute approximate surface area is 107 Å². The molecule has 0 saturated carbocycles. The molecule has 0 aromatic carbocycles. The summed E-state index contributed by atoms with van der Waals surface area (Å²) in [4.78, 5) is 18.3. The van der Waals surface area contributed by atoms with Crippen molar-refractivity contribution >= 4 is 5.91 Å². The van der Waals surface area contributed by atoms with Gasteiger partial charge in [0, 0.05) is 24.8 Å². The first-order valence-electron chi connectivity index (χ1n) is 6.18. The van der Waals surface area contributed by atoms with Crippen LogP contribution in [0.3, 0.4) is 0 Å². The fourth-order valence-corrected chi connectivity index (χ4v) is 2.00. The zero-order chi connectivity index (χ0) is 13.1. The zero-order valence-corrected chi connectivity index (χ0v) is 10.8. The van der Waals surface area contributed by atoms with Crippen LogP contribution in [-0.2, 0) is 4.74 Å². The minimum Gasteiger partial charge on any atom is -0.373 e. The van der Waals surface area contributed by atoms with E-state index in [9.17, 15) is 4.79 Å². The van der Waals surface area contributed by atoms with E-state index in [1.54, 1.807) is 11.0 Å². The summed E-state index contributed by atoms with van der Waals surface area (Å²) in [5, 5.41) is 0. The average Bonchev–Trinajstić information content (AvgIpc) is 2.38. The van der Waals surface area contributed by atoms with E-state index in [4.69, 9.17) is 10.5 Å². The van der Waals surface area contributed by atoms with Gasteiger partial charge in [0.1, 0.15) is 5.69 Å². The Bertz CT molecular complexity index is 434. The van der Waals surface area contributed by atoms with Crippen LogP contribution in [0.25, 0.3) is 0 Å². The number of pyridine rings is 1. The number of nitrogens with zero attached hydrogens (tertiary/aromatic N) is 2. The van der Waals surface area contributed by atoms with Crippen LogP contribution < -0.4 is 5.73 Å². The van der Waals surface area contributed by atoms with Crippen LogP contribution in [0, 0.1) is 6.92 Å². The third kappa shape index (κ3) is 2.86. The molecule has 2 atom stereocenters. The topological polar surface area (TPSA) is 68.5 Å². The second-order valence-corrected chi connectivity index (χ2v) is 4.68. The molecule has 1 aromatic heterocycles. The number of ether oxygens (including phenoxy) is 1. The van der Waals surface area contributed by atoms with Gasteiger partial charge in [-0.2, -0.15) is 0 Å². The summed E-state index contributed by atoms with van der Waals surface area (Å²) in [5.74, 6) is -0.0485. The van der Waals surface area contributed by atoms with Gasteiger partial charge >= 0.3 is 0 Å². The minimum atomic E-state index is -0.0903. The van der Waals surface area contributed by atoms with E-state index in [-0.39, 0.29) is 18.1 Å². The van der Waals surface area contributed by atoms with Crippen molar-refractivity contribution < 1.29 is 9.53 Å². The number of aromatic nitrogens is 1. The predicted octanol–water partition coefficient (Wildman–Crippen LogP) is 0.578. The first kappa shape index (κ1) is 13.0. The smallest absolute Gasteiger partial charge is 0.272 e. The summed E-state index contributed by atoms with van der Waals surface area (Å²) < 4.78 is 5.54. The average molecular weight is 249 g/mol. The van der Waals surface area contributed by atoms with Crippen LogP contribution in [0.5, 0.6) is 0 Å². The van der Waals surface area contributed by atoms with Gasteiger partial charge in [0.05, 0.1) is 12.7 Å². The summed E-state index contributed by atoms with van der Waals surface area (Å²) in [6.07, 6.45) is -0.0903. The Kier molecular flexibility index (Phi) is 3.93. The van der Waals surface area contributed by atoms with E-state index < -0.39 is 0 Å². The second kappa shape index (κ2) is 5.46. The van der Waals surface area contributed by atoms with Crippen LogP contribution >= 0.6 is 0 Å². The largest absolute Gasteiger partial charge is 0.373 e. The number of hydrogen-bond acceptors (Lipinski definition) is 4. The number of amides is 1. The fourth-order valence-electron chi connectivity index (χ4n) is 2.00. The Balaban J connectivity index is 2.09. The van der Waals surface area contributed by atoms with Gasteiger partial charge in [-0.05, 0) is 26.0 Å². The molecule has 5 heteroatoms. The molecule has 1 saturated heterocycles. The highest BCUT2D eigenvalue weighted by molar-refractivity contribution is 5.92. The number of carbonyl (C=O) groups excluding carboxylic acids is 1. The van der Waals surface area contributed by atoms with Gasteiger partial charge in [-0.1, -0.05) is 6.07 Å². The summed E-state index contributed by atoms with van der Waals surface area (Å²) in [5.41, 5.74) is 7.15. The molecule has 2 N–H and O–H groups in total. The molecule has 0 spiro atoms. The molecule has 0 bridgehead atoms. The van der Waals surface area contributed by atoms with E-state index in [2.05, 4.69) is 4.98 Å². The Morgan fingerprint density at radius 3 is 3.06 bits per heavy atom. The maximum Gasteiger partial charge on any atom is 0.272 e. The molecular formula is C13H19N3O2. The van der Waals surface area contributed by atoms with Gasteiger partial charge < -0.3 is 15.4 Å². The second-order valence-electron chi connectivity index (χ2n) is 4.68. The van der Waals surface area contributed by atoms with Crippen LogP contribution in [-0.4, -0.2) is 47.6 Å². The van der Waals surface area contributed by atoms with Crippen molar-refractivity contribution in [2.75, 3.05) is 19.7 Å². The summed E-state index contributed by atoms with van der Waals surface area (Å²) in [6.45, 7) is 5.43. The lowest BCUT2D eigenvalue weighted by atomic mass is 10.1.